The van der Waals surface area contributed by atoms with Crippen molar-refractivity contribution in [3.05, 3.63) is 52.5 Å². The third-order valence-electron chi connectivity index (χ3n) is 2.41. The molecular weight excluding hydrogens is 299 g/mol. The van der Waals surface area contributed by atoms with Crippen molar-refractivity contribution in [3.8, 4) is 5.75 Å². The van der Waals surface area contributed by atoms with E-state index in [0.29, 0.717) is 6.54 Å². The fourth-order valence-electron chi connectivity index (χ4n) is 1.47. The number of benzene rings is 1. The summed E-state index contributed by atoms with van der Waals surface area (Å²) in [6.45, 7) is 0.571. The van der Waals surface area contributed by atoms with Gasteiger partial charge in [0.05, 0.1) is 19.3 Å². The first-order chi connectivity index (χ1) is 8.69. The van der Waals surface area contributed by atoms with E-state index in [1.807, 2.05) is 12.1 Å². The zero-order chi connectivity index (χ0) is 13.0. The molecule has 2 rings (SSSR count). The smallest absolute Gasteiger partial charge is 0.165 e. The fraction of sp³-hybridized carbons (Fsp3) is 0.154. The van der Waals surface area contributed by atoms with Crippen molar-refractivity contribution in [2.24, 2.45) is 0 Å². The molecule has 0 unspecified atom stereocenters. The minimum Gasteiger partial charge on any atom is -0.494 e. The number of hydrogen-bond donors (Lipinski definition) is 1. The molecule has 1 heterocycles. The molecule has 0 radical (unpaired) electrons. The van der Waals surface area contributed by atoms with Crippen LogP contribution in [0.25, 0.3) is 0 Å². The lowest BCUT2D eigenvalue weighted by atomic mass is 10.2. The molecule has 0 amide bonds. The van der Waals surface area contributed by atoms with E-state index in [1.165, 1.54) is 13.2 Å². The van der Waals surface area contributed by atoms with Gasteiger partial charge < -0.3 is 10.1 Å². The molecule has 1 aromatic carbocycles. The summed E-state index contributed by atoms with van der Waals surface area (Å²) in [5.74, 6) is -0.145. The molecule has 0 fully saturated rings. The Labute approximate surface area is 113 Å². The second-order valence-electron chi connectivity index (χ2n) is 3.67. The maximum Gasteiger partial charge on any atom is 0.165 e. The van der Waals surface area contributed by atoms with E-state index in [1.54, 1.807) is 18.3 Å². The van der Waals surface area contributed by atoms with Gasteiger partial charge >= 0.3 is 0 Å². The van der Waals surface area contributed by atoms with E-state index in [2.05, 4.69) is 26.2 Å². The van der Waals surface area contributed by atoms with Crippen LogP contribution in [-0.2, 0) is 6.54 Å². The molecule has 0 aliphatic rings. The first kappa shape index (κ1) is 12.8. The average molecular weight is 311 g/mol. The van der Waals surface area contributed by atoms with Crippen LogP contribution in [-0.4, -0.2) is 12.1 Å². The van der Waals surface area contributed by atoms with Gasteiger partial charge in [-0.15, -0.1) is 0 Å². The number of nitrogens with zero attached hydrogens (tertiary/aromatic N) is 1. The number of anilines is 1. The van der Waals surface area contributed by atoms with Crippen molar-refractivity contribution in [1.29, 1.82) is 0 Å². The number of ether oxygens (including phenoxy) is 1. The van der Waals surface area contributed by atoms with E-state index >= 15 is 0 Å². The molecule has 18 heavy (non-hydrogen) atoms. The Morgan fingerprint density at radius 3 is 2.83 bits per heavy atom. The predicted octanol–water partition coefficient (Wildman–Crippen LogP) is 3.60. The molecule has 0 atom stereocenters. The summed E-state index contributed by atoms with van der Waals surface area (Å²) in [5, 5.41) is 3.16. The number of pyridine rings is 1. The number of methoxy groups -OCH3 is 1. The number of hydrogen-bond acceptors (Lipinski definition) is 3. The zero-order valence-electron chi connectivity index (χ0n) is 9.78. The van der Waals surface area contributed by atoms with Crippen molar-refractivity contribution >= 4 is 21.6 Å². The van der Waals surface area contributed by atoms with Crippen LogP contribution in [0.2, 0.25) is 0 Å². The molecule has 0 aliphatic heterocycles. The van der Waals surface area contributed by atoms with Crippen molar-refractivity contribution in [1.82, 2.24) is 4.98 Å². The molecule has 94 valence electrons. The lowest BCUT2D eigenvalue weighted by Gasteiger charge is -2.08. The van der Waals surface area contributed by atoms with Gasteiger partial charge in [0, 0.05) is 22.4 Å². The molecule has 0 bridgehead atoms. The van der Waals surface area contributed by atoms with Gasteiger partial charge in [0.25, 0.3) is 0 Å². The molecule has 0 spiro atoms. The van der Waals surface area contributed by atoms with Crippen LogP contribution in [0.3, 0.4) is 0 Å². The fourth-order valence-corrected chi connectivity index (χ4v) is 1.71. The minimum absolute atomic E-state index is 0.226. The highest BCUT2D eigenvalue weighted by Gasteiger charge is 2.03. The maximum atomic E-state index is 13.2. The summed E-state index contributed by atoms with van der Waals surface area (Å²) in [5.41, 5.74) is 1.69. The van der Waals surface area contributed by atoms with E-state index in [-0.39, 0.29) is 11.6 Å². The SMILES string of the molecule is COc1cc(NCc2ccc(Br)cn2)ccc1F. The molecule has 0 saturated heterocycles. The molecular formula is C13H12BrFN2O. The summed E-state index contributed by atoms with van der Waals surface area (Å²) < 4.78 is 19.1. The van der Waals surface area contributed by atoms with Crippen molar-refractivity contribution in [3.63, 3.8) is 0 Å². The van der Waals surface area contributed by atoms with Gasteiger partial charge in [0.2, 0.25) is 0 Å². The number of aromatic nitrogens is 1. The zero-order valence-corrected chi connectivity index (χ0v) is 11.4. The van der Waals surface area contributed by atoms with Crippen LogP contribution in [0.4, 0.5) is 10.1 Å². The van der Waals surface area contributed by atoms with E-state index < -0.39 is 0 Å². The second-order valence-corrected chi connectivity index (χ2v) is 4.59. The van der Waals surface area contributed by atoms with Gasteiger partial charge in [-0.05, 0) is 40.2 Å². The molecule has 0 saturated carbocycles. The van der Waals surface area contributed by atoms with E-state index in [0.717, 1.165) is 15.9 Å². The lowest BCUT2D eigenvalue weighted by Crippen LogP contribution is -2.01. The molecule has 3 nitrogen and oxygen atoms in total. The summed E-state index contributed by atoms with van der Waals surface area (Å²) in [6.07, 6.45) is 1.74. The van der Waals surface area contributed by atoms with Crippen LogP contribution in [0.1, 0.15) is 5.69 Å². The van der Waals surface area contributed by atoms with E-state index in [4.69, 9.17) is 4.74 Å². The monoisotopic (exact) mass is 310 g/mol. The van der Waals surface area contributed by atoms with Gasteiger partial charge in [-0.3, -0.25) is 4.98 Å². The highest BCUT2D eigenvalue weighted by molar-refractivity contribution is 9.10. The maximum absolute atomic E-state index is 13.2. The first-order valence-electron chi connectivity index (χ1n) is 5.37. The Balaban J connectivity index is 2.04. The standard InChI is InChI=1S/C13H12BrFN2O/c1-18-13-6-10(4-5-12(13)15)17-8-11-3-2-9(14)7-16-11/h2-7,17H,8H2,1H3. The third-order valence-corrected chi connectivity index (χ3v) is 2.88. The Hall–Kier alpha value is -1.62. The lowest BCUT2D eigenvalue weighted by molar-refractivity contribution is 0.387. The summed E-state index contributed by atoms with van der Waals surface area (Å²) >= 11 is 3.33. The van der Waals surface area contributed by atoms with Crippen molar-refractivity contribution in [2.45, 2.75) is 6.54 Å². The van der Waals surface area contributed by atoms with Crippen LogP contribution >= 0.6 is 15.9 Å². The van der Waals surface area contributed by atoms with Crippen molar-refractivity contribution in [2.75, 3.05) is 12.4 Å². The molecule has 0 aliphatic carbocycles. The molecule has 2 aromatic rings. The number of rotatable bonds is 4. The summed E-state index contributed by atoms with van der Waals surface area (Å²) in [4.78, 5) is 4.24. The van der Waals surface area contributed by atoms with Gasteiger partial charge in [-0.25, -0.2) is 4.39 Å². The van der Waals surface area contributed by atoms with Crippen LogP contribution in [0.15, 0.2) is 41.0 Å². The number of halogens is 2. The summed E-state index contributed by atoms with van der Waals surface area (Å²) in [6, 6.07) is 8.49. The van der Waals surface area contributed by atoms with E-state index in [9.17, 15) is 4.39 Å². The summed E-state index contributed by atoms with van der Waals surface area (Å²) in [7, 11) is 1.44. The Morgan fingerprint density at radius 1 is 1.33 bits per heavy atom. The number of nitrogens with one attached hydrogen (secondary N) is 1. The van der Waals surface area contributed by atoms with Crippen LogP contribution < -0.4 is 10.1 Å². The highest BCUT2D eigenvalue weighted by Crippen LogP contribution is 2.21. The van der Waals surface area contributed by atoms with Gasteiger partial charge in [-0.1, -0.05) is 0 Å². The first-order valence-corrected chi connectivity index (χ1v) is 6.16. The van der Waals surface area contributed by atoms with Crippen molar-refractivity contribution < 1.29 is 9.13 Å². The van der Waals surface area contributed by atoms with Crippen LogP contribution in [0.5, 0.6) is 5.75 Å². The largest absolute Gasteiger partial charge is 0.494 e. The van der Waals surface area contributed by atoms with Gasteiger partial charge in [-0.2, -0.15) is 0 Å². The predicted molar refractivity (Wildman–Crippen MR) is 72.2 cm³/mol. The normalized spacial score (nSPS) is 10.2. The minimum atomic E-state index is -0.371. The van der Waals surface area contributed by atoms with Gasteiger partial charge in [0.1, 0.15) is 0 Å². The van der Waals surface area contributed by atoms with Gasteiger partial charge in [0.15, 0.2) is 11.6 Å². The Kier molecular flexibility index (Phi) is 4.15. The quantitative estimate of drug-likeness (QED) is 0.937. The average Bonchev–Trinajstić information content (AvgIpc) is 2.39. The Morgan fingerprint density at radius 2 is 2.17 bits per heavy atom. The highest BCUT2D eigenvalue weighted by atomic mass is 79.9. The second kappa shape index (κ2) is 5.82. The molecule has 5 heteroatoms. The topological polar surface area (TPSA) is 34.1 Å². The molecule has 1 N–H and O–H groups in total. The third kappa shape index (κ3) is 3.20. The van der Waals surface area contributed by atoms with Crippen LogP contribution in [0, 0.1) is 5.82 Å². The Bertz CT molecular complexity index is 531. The molecule has 1 aromatic heterocycles.